The van der Waals surface area contributed by atoms with Gasteiger partial charge in [-0.2, -0.15) is 4.31 Å². The van der Waals surface area contributed by atoms with Crippen molar-refractivity contribution in [2.75, 3.05) is 44.2 Å². The van der Waals surface area contributed by atoms with Gasteiger partial charge >= 0.3 is 5.76 Å². The van der Waals surface area contributed by atoms with E-state index in [1.807, 2.05) is 17.0 Å². The Morgan fingerprint density at radius 1 is 0.971 bits per heavy atom. The predicted molar refractivity (Wildman–Crippen MR) is 126 cm³/mol. The number of carbonyl (C=O) groups excluding carboxylic acids is 1. The molecule has 34 heavy (non-hydrogen) atoms. The Morgan fingerprint density at radius 3 is 2.38 bits per heavy atom. The van der Waals surface area contributed by atoms with E-state index in [1.54, 1.807) is 18.5 Å². The van der Waals surface area contributed by atoms with Crippen molar-refractivity contribution < 1.29 is 17.6 Å². The van der Waals surface area contributed by atoms with Crippen LogP contribution in [-0.4, -0.2) is 72.3 Å². The smallest absolute Gasteiger partial charge is 0.408 e. The van der Waals surface area contributed by atoms with E-state index in [-0.39, 0.29) is 29.4 Å². The fraction of sp³-hybridized carbons (Fsp3) is 0.435. The number of amides is 1. The first-order valence-electron chi connectivity index (χ1n) is 11.5. The van der Waals surface area contributed by atoms with Crippen molar-refractivity contribution in [3.63, 3.8) is 0 Å². The van der Waals surface area contributed by atoms with Crippen LogP contribution in [0.5, 0.6) is 0 Å². The van der Waals surface area contributed by atoms with Crippen LogP contribution in [0.25, 0.3) is 11.1 Å². The number of pyridine rings is 1. The van der Waals surface area contributed by atoms with Crippen molar-refractivity contribution >= 4 is 32.7 Å². The number of anilines is 1. The zero-order valence-corrected chi connectivity index (χ0v) is 19.6. The van der Waals surface area contributed by atoms with E-state index in [1.165, 1.54) is 21.0 Å². The molecular formula is C23H27N5O5S. The normalized spacial score (nSPS) is 17.5. The lowest BCUT2D eigenvalue weighted by Crippen LogP contribution is -2.49. The maximum atomic E-state index is 12.8. The van der Waals surface area contributed by atoms with Crippen molar-refractivity contribution in [1.82, 2.24) is 18.8 Å². The van der Waals surface area contributed by atoms with Gasteiger partial charge in [0.05, 0.1) is 10.4 Å². The molecule has 11 heteroatoms. The predicted octanol–water partition coefficient (Wildman–Crippen LogP) is 1.51. The van der Waals surface area contributed by atoms with Crippen LogP contribution in [0.3, 0.4) is 0 Å². The maximum absolute atomic E-state index is 12.8. The second-order valence-corrected chi connectivity index (χ2v) is 10.5. The van der Waals surface area contributed by atoms with E-state index in [2.05, 4.69) is 9.88 Å². The van der Waals surface area contributed by atoms with Crippen LogP contribution >= 0.6 is 0 Å². The van der Waals surface area contributed by atoms with Gasteiger partial charge < -0.3 is 14.2 Å². The number of oxazole rings is 1. The molecule has 180 valence electrons. The molecule has 2 aliphatic heterocycles. The average molecular weight is 486 g/mol. The summed E-state index contributed by atoms with van der Waals surface area (Å²) >= 11 is 0. The molecule has 3 aromatic rings. The topological polar surface area (TPSA) is 109 Å². The third kappa shape index (κ3) is 4.32. The maximum Gasteiger partial charge on any atom is 0.419 e. The fourth-order valence-corrected chi connectivity index (χ4v) is 6.16. The molecule has 2 aromatic heterocycles. The summed E-state index contributed by atoms with van der Waals surface area (Å²) in [4.78, 5) is 33.4. The Bertz CT molecular complexity index is 1340. The van der Waals surface area contributed by atoms with Crippen molar-refractivity contribution in [3.8, 4) is 0 Å². The fourth-order valence-electron chi connectivity index (χ4n) is 4.63. The quantitative estimate of drug-likeness (QED) is 0.521. The summed E-state index contributed by atoms with van der Waals surface area (Å²) in [6.45, 7) is 3.87. The molecular weight excluding hydrogens is 458 g/mol. The molecule has 4 heterocycles. The molecule has 0 saturated carbocycles. The summed E-state index contributed by atoms with van der Waals surface area (Å²) in [7, 11) is -3.60. The van der Waals surface area contributed by atoms with Crippen LogP contribution in [0, 0.1) is 0 Å². The number of fused-ring (bicyclic) bond motifs is 1. The molecule has 0 N–H and O–H groups in total. The lowest BCUT2D eigenvalue weighted by Gasteiger charge is -2.36. The molecule has 0 radical (unpaired) electrons. The van der Waals surface area contributed by atoms with Gasteiger partial charge in [0.15, 0.2) is 5.58 Å². The van der Waals surface area contributed by atoms with Crippen LogP contribution < -0.4 is 10.7 Å². The molecule has 0 unspecified atom stereocenters. The van der Waals surface area contributed by atoms with Gasteiger partial charge in [-0.3, -0.25) is 14.3 Å². The van der Waals surface area contributed by atoms with Crippen molar-refractivity contribution in [3.05, 3.63) is 53.3 Å². The van der Waals surface area contributed by atoms with E-state index >= 15 is 0 Å². The standard InChI is InChI=1S/C23H27N5O5S/c29-22(26-15-13-25(14-16-26)18-5-8-24-9-6-18)7-12-28-20-4-3-19(17-21(20)33-23(28)30)34(31,32)27-10-1-2-11-27/h3-6,8-9,17H,1-2,7,10-16H2. The van der Waals surface area contributed by atoms with E-state index < -0.39 is 15.8 Å². The van der Waals surface area contributed by atoms with Gasteiger partial charge in [-0.15, -0.1) is 0 Å². The van der Waals surface area contributed by atoms with E-state index in [4.69, 9.17) is 4.42 Å². The Labute approximate surface area is 197 Å². The third-order valence-corrected chi connectivity index (χ3v) is 8.45. The Hall–Kier alpha value is -3.18. The number of piperazine rings is 1. The molecule has 2 saturated heterocycles. The first-order chi connectivity index (χ1) is 16.4. The minimum Gasteiger partial charge on any atom is -0.408 e. The summed E-state index contributed by atoms with van der Waals surface area (Å²) < 4.78 is 33.8. The number of aromatic nitrogens is 2. The van der Waals surface area contributed by atoms with Crippen molar-refractivity contribution in [2.45, 2.75) is 30.7 Å². The summed E-state index contributed by atoms with van der Waals surface area (Å²) in [6.07, 6.45) is 5.37. The minimum absolute atomic E-state index is 0.0242. The summed E-state index contributed by atoms with van der Waals surface area (Å²) in [6, 6.07) is 8.40. The van der Waals surface area contributed by atoms with Crippen LogP contribution in [0.15, 0.2) is 56.8 Å². The van der Waals surface area contributed by atoms with Gasteiger partial charge in [-0.25, -0.2) is 13.2 Å². The summed E-state index contributed by atoms with van der Waals surface area (Å²) in [5.41, 5.74) is 1.79. The number of hydrogen-bond acceptors (Lipinski definition) is 7. The Kier molecular flexibility index (Phi) is 6.13. The Balaban J connectivity index is 1.24. The summed E-state index contributed by atoms with van der Waals surface area (Å²) in [5.74, 6) is -0.620. The third-order valence-electron chi connectivity index (χ3n) is 6.55. The second kappa shape index (κ2) is 9.22. The number of sulfonamides is 1. The monoisotopic (exact) mass is 485 g/mol. The SMILES string of the molecule is O=C(CCn1c(=O)oc2cc(S(=O)(=O)N3CCCC3)ccc21)N1CCN(c2ccncc2)CC1. The zero-order valence-electron chi connectivity index (χ0n) is 18.8. The van der Waals surface area contributed by atoms with Gasteiger partial charge in [-0.1, -0.05) is 0 Å². The molecule has 1 amide bonds. The first-order valence-corrected chi connectivity index (χ1v) is 12.9. The molecule has 0 aliphatic carbocycles. The van der Waals surface area contributed by atoms with Gasteiger partial charge in [0.25, 0.3) is 0 Å². The average Bonchev–Trinajstić information content (AvgIpc) is 3.51. The number of rotatable bonds is 6. The van der Waals surface area contributed by atoms with Gasteiger partial charge in [0.2, 0.25) is 15.9 Å². The molecule has 2 aliphatic rings. The lowest BCUT2D eigenvalue weighted by atomic mass is 10.2. The van der Waals surface area contributed by atoms with Crippen LogP contribution in [0.2, 0.25) is 0 Å². The highest BCUT2D eigenvalue weighted by Crippen LogP contribution is 2.24. The van der Waals surface area contributed by atoms with Crippen LogP contribution in [0.4, 0.5) is 5.69 Å². The highest BCUT2D eigenvalue weighted by Gasteiger charge is 2.28. The first kappa shape index (κ1) is 22.6. The van der Waals surface area contributed by atoms with Gasteiger partial charge in [0, 0.05) is 76.4 Å². The van der Waals surface area contributed by atoms with Gasteiger partial charge in [-0.05, 0) is 37.1 Å². The Morgan fingerprint density at radius 2 is 1.68 bits per heavy atom. The number of hydrogen-bond donors (Lipinski definition) is 0. The minimum atomic E-state index is -3.60. The van der Waals surface area contributed by atoms with Crippen molar-refractivity contribution in [2.24, 2.45) is 0 Å². The zero-order chi connectivity index (χ0) is 23.7. The van der Waals surface area contributed by atoms with Gasteiger partial charge in [0.1, 0.15) is 0 Å². The lowest BCUT2D eigenvalue weighted by molar-refractivity contribution is -0.131. The molecule has 2 fully saturated rings. The largest absolute Gasteiger partial charge is 0.419 e. The van der Waals surface area contributed by atoms with E-state index in [0.29, 0.717) is 31.7 Å². The summed E-state index contributed by atoms with van der Waals surface area (Å²) in [5, 5.41) is 0. The second-order valence-electron chi connectivity index (χ2n) is 8.58. The van der Waals surface area contributed by atoms with E-state index in [9.17, 15) is 18.0 Å². The molecule has 10 nitrogen and oxygen atoms in total. The number of aryl methyl sites for hydroxylation is 1. The van der Waals surface area contributed by atoms with Crippen LogP contribution in [-0.2, 0) is 21.4 Å². The number of benzene rings is 1. The number of nitrogens with zero attached hydrogens (tertiary/aromatic N) is 5. The molecule has 5 rings (SSSR count). The molecule has 0 bridgehead atoms. The van der Waals surface area contributed by atoms with Crippen LogP contribution in [0.1, 0.15) is 19.3 Å². The molecule has 0 spiro atoms. The van der Waals surface area contributed by atoms with E-state index in [0.717, 1.165) is 31.6 Å². The van der Waals surface area contributed by atoms with Crippen molar-refractivity contribution in [1.29, 1.82) is 0 Å². The highest BCUT2D eigenvalue weighted by atomic mass is 32.2. The molecule has 0 atom stereocenters. The number of carbonyl (C=O) groups is 1. The highest BCUT2D eigenvalue weighted by molar-refractivity contribution is 7.89. The molecule has 1 aromatic carbocycles.